The van der Waals surface area contributed by atoms with Crippen LogP contribution in [0.15, 0.2) is 88.8 Å². The quantitative estimate of drug-likeness (QED) is 0.236. The van der Waals surface area contributed by atoms with Crippen molar-refractivity contribution in [3.05, 3.63) is 90.0 Å². The molecule has 0 aliphatic rings. The van der Waals surface area contributed by atoms with E-state index in [2.05, 4.69) is 42.0 Å². The van der Waals surface area contributed by atoms with Crippen molar-refractivity contribution in [2.45, 2.75) is 58.5 Å². The van der Waals surface area contributed by atoms with Crippen LogP contribution in [0, 0.1) is 13.8 Å². The van der Waals surface area contributed by atoms with Crippen molar-refractivity contribution in [3.8, 4) is 11.3 Å². The Labute approximate surface area is 220 Å². The molecule has 0 fully saturated rings. The summed E-state index contributed by atoms with van der Waals surface area (Å²) in [5.74, 6) is 0.888. The number of benzene rings is 3. The van der Waals surface area contributed by atoms with Gasteiger partial charge in [0.15, 0.2) is 0 Å². The van der Waals surface area contributed by atoms with Gasteiger partial charge in [0.05, 0.1) is 10.6 Å². The topological polar surface area (TPSA) is 74.7 Å². The second-order valence-electron chi connectivity index (χ2n) is 9.85. The minimum atomic E-state index is -3.88. The standard InChI is InChI=1S/C30H34N4O2S/c1-20(2)31-30(33-37(35,36)26-17-13-23(6)14-18-26)34(21(3)4)29-27-10-8-7-9-25(27)19-28(32-29)24-15-11-22(5)12-16-24/h7-21H,1-6H3,(H,31,33). The fraction of sp³-hybridized carbons (Fsp3) is 0.267. The van der Waals surface area contributed by atoms with Crippen LogP contribution in [0.2, 0.25) is 0 Å². The molecule has 0 spiro atoms. The van der Waals surface area contributed by atoms with E-state index in [1.54, 1.807) is 24.3 Å². The van der Waals surface area contributed by atoms with Gasteiger partial charge in [-0.25, -0.2) is 23.1 Å². The van der Waals surface area contributed by atoms with E-state index in [0.717, 1.165) is 27.6 Å². The van der Waals surface area contributed by atoms with Gasteiger partial charge in [-0.15, -0.1) is 0 Å². The van der Waals surface area contributed by atoms with E-state index in [9.17, 15) is 8.42 Å². The first-order valence-electron chi connectivity index (χ1n) is 12.5. The number of nitrogens with one attached hydrogen (secondary N) is 1. The number of sulfonamides is 1. The number of fused-ring (bicyclic) bond motifs is 1. The smallest absolute Gasteiger partial charge is 0.264 e. The van der Waals surface area contributed by atoms with Crippen molar-refractivity contribution in [2.75, 3.05) is 4.90 Å². The molecule has 37 heavy (non-hydrogen) atoms. The largest absolute Gasteiger partial charge is 0.293 e. The van der Waals surface area contributed by atoms with Gasteiger partial charge in [0, 0.05) is 23.0 Å². The molecule has 0 saturated heterocycles. The molecular formula is C30H34N4O2S. The van der Waals surface area contributed by atoms with Crippen LogP contribution in [0.1, 0.15) is 38.8 Å². The highest BCUT2D eigenvalue weighted by Crippen LogP contribution is 2.31. The van der Waals surface area contributed by atoms with Crippen molar-refractivity contribution in [2.24, 2.45) is 4.99 Å². The maximum atomic E-state index is 13.4. The Balaban J connectivity index is 1.89. The Morgan fingerprint density at radius 2 is 1.46 bits per heavy atom. The highest BCUT2D eigenvalue weighted by molar-refractivity contribution is 7.90. The Hall–Kier alpha value is -3.71. The summed E-state index contributed by atoms with van der Waals surface area (Å²) < 4.78 is 29.7. The molecule has 0 atom stereocenters. The number of nitrogens with zero attached hydrogens (tertiary/aromatic N) is 3. The summed E-state index contributed by atoms with van der Waals surface area (Å²) in [5, 5.41) is 1.93. The van der Waals surface area contributed by atoms with Gasteiger partial charge in [0.2, 0.25) is 5.96 Å². The summed E-state index contributed by atoms with van der Waals surface area (Å²) in [6.45, 7) is 11.8. The van der Waals surface area contributed by atoms with Crippen LogP contribution in [0.3, 0.4) is 0 Å². The maximum absolute atomic E-state index is 13.4. The highest BCUT2D eigenvalue weighted by Gasteiger charge is 2.27. The molecule has 0 aliphatic heterocycles. The number of aromatic nitrogens is 1. The van der Waals surface area contributed by atoms with Crippen molar-refractivity contribution in [1.82, 2.24) is 9.71 Å². The molecule has 192 valence electrons. The van der Waals surface area contributed by atoms with E-state index < -0.39 is 10.0 Å². The van der Waals surface area contributed by atoms with Crippen LogP contribution >= 0.6 is 0 Å². The lowest BCUT2D eigenvalue weighted by Crippen LogP contribution is -2.48. The van der Waals surface area contributed by atoms with Crippen LogP contribution in [-0.4, -0.2) is 31.4 Å². The van der Waals surface area contributed by atoms with Gasteiger partial charge in [-0.3, -0.25) is 4.90 Å². The molecule has 0 radical (unpaired) electrons. The van der Waals surface area contributed by atoms with Gasteiger partial charge in [0.1, 0.15) is 5.82 Å². The zero-order chi connectivity index (χ0) is 26.7. The number of pyridine rings is 1. The molecule has 0 saturated carbocycles. The van der Waals surface area contributed by atoms with Gasteiger partial charge < -0.3 is 0 Å². The number of aliphatic imine (C=N–C) groups is 1. The molecule has 1 N–H and O–H groups in total. The molecule has 0 unspecified atom stereocenters. The molecule has 4 aromatic rings. The van der Waals surface area contributed by atoms with E-state index in [-0.39, 0.29) is 22.9 Å². The first-order chi connectivity index (χ1) is 17.5. The van der Waals surface area contributed by atoms with Gasteiger partial charge in [-0.1, -0.05) is 71.8 Å². The fourth-order valence-electron chi connectivity index (χ4n) is 4.10. The van der Waals surface area contributed by atoms with Gasteiger partial charge in [0.25, 0.3) is 10.0 Å². The molecule has 0 aliphatic carbocycles. The number of aryl methyl sites for hydroxylation is 2. The molecule has 7 heteroatoms. The molecule has 0 amide bonds. The highest BCUT2D eigenvalue weighted by atomic mass is 32.2. The zero-order valence-electron chi connectivity index (χ0n) is 22.2. The van der Waals surface area contributed by atoms with Gasteiger partial charge >= 0.3 is 0 Å². The average Bonchev–Trinajstić information content (AvgIpc) is 2.84. The minimum Gasteiger partial charge on any atom is -0.293 e. The summed E-state index contributed by atoms with van der Waals surface area (Å²) in [6.07, 6.45) is 0. The van der Waals surface area contributed by atoms with E-state index >= 15 is 0 Å². The Morgan fingerprint density at radius 1 is 0.865 bits per heavy atom. The van der Waals surface area contributed by atoms with Crippen LogP contribution in [0.5, 0.6) is 0 Å². The summed E-state index contributed by atoms with van der Waals surface area (Å²) in [6, 6.07) is 24.8. The fourth-order valence-corrected chi connectivity index (χ4v) is 5.11. The molecule has 0 bridgehead atoms. The number of guanidine groups is 1. The van der Waals surface area contributed by atoms with Crippen LogP contribution in [0.4, 0.5) is 5.82 Å². The number of rotatable bonds is 6. The van der Waals surface area contributed by atoms with Gasteiger partial charge in [-0.2, -0.15) is 0 Å². The number of hydrogen-bond acceptors (Lipinski definition) is 4. The summed E-state index contributed by atoms with van der Waals surface area (Å²) in [7, 11) is -3.88. The molecule has 6 nitrogen and oxygen atoms in total. The second-order valence-corrected chi connectivity index (χ2v) is 11.5. The van der Waals surface area contributed by atoms with Crippen LogP contribution < -0.4 is 9.62 Å². The summed E-state index contributed by atoms with van der Waals surface area (Å²) in [4.78, 5) is 11.9. The SMILES string of the molecule is Cc1ccc(-c2cc3ccccc3c(N(C(=NC(C)C)NS(=O)(=O)c3ccc(C)cc3)C(C)C)n2)cc1. The third kappa shape index (κ3) is 6.00. The van der Waals surface area contributed by atoms with E-state index in [4.69, 9.17) is 9.98 Å². The Morgan fingerprint density at radius 3 is 2.05 bits per heavy atom. The maximum Gasteiger partial charge on any atom is 0.264 e. The average molecular weight is 515 g/mol. The molecule has 1 aromatic heterocycles. The van der Waals surface area contributed by atoms with E-state index in [1.165, 1.54) is 5.56 Å². The van der Waals surface area contributed by atoms with Crippen LogP contribution in [0.25, 0.3) is 22.0 Å². The number of anilines is 1. The molecular weight excluding hydrogens is 480 g/mol. The first-order valence-corrected chi connectivity index (χ1v) is 14.0. The monoisotopic (exact) mass is 514 g/mol. The molecule has 4 rings (SSSR count). The lowest BCUT2D eigenvalue weighted by molar-refractivity contribution is 0.591. The lowest BCUT2D eigenvalue weighted by atomic mass is 10.0. The van der Waals surface area contributed by atoms with E-state index in [1.807, 2.05) is 63.8 Å². The van der Waals surface area contributed by atoms with Crippen molar-refractivity contribution in [3.63, 3.8) is 0 Å². The molecule has 1 heterocycles. The second kappa shape index (κ2) is 10.7. The minimum absolute atomic E-state index is 0.137. The summed E-state index contributed by atoms with van der Waals surface area (Å²) in [5.41, 5.74) is 3.96. The van der Waals surface area contributed by atoms with Crippen LogP contribution in [-0.2, 0) is 10.0 Å². The molecule has 3 aromatic carbocycles. The third-order valence-electron chi connectivity index (χ3n) is 5.98. The van der Waals surface area contributed by atoms with Crippen molar-refractivity contribution >= 4 is 32.6 Å². The van der Waals surface area contributed by atoms with Crippen molar-refractivity contribution < 1.29 is 8.42 Å². The van der Waals surface area contributed by atoms with E-state index in [0.29, 0.717) is 5.82 Å². The zero-order valence-corrected chi connectivity index (χ0v) is 23.0. The van der Waals surface area contributed by atoms with Crippen molar-refractivity contribution in [1.29, 1.82) is 0 Å². The number of hydrogen-bond donors (Lipinski definition) is 1. The summed E-state index contributed by atoms with van der Waals surface area (Å²) >= 11 is 0. The first kappa shape index (κ1) is 26.4. The Bertz CT molecular complexity index is 1520. The predicted octanol–water partition coefficient (Wildman–Crippen LogP) is 6.48. The van der Waals surface area contributed by atoms with Gasteiger partial charge in [-0.05, 0) is 65.1 Å². The predicted molar refractivity (Wildman–Crippen MR) is 154 cm³/mol. The lowest BCUT2D eigenvalue weighted by Gasteiger charge is -2.31. The Kier molecular flexibility index (Phi) is 7.64. The normalized spacial score (nSPS) is 12.4. The third-order valence-corrected chi connectivity index (χ3v) is 7.32.